The number of thiazole rings is 1. The van der Waals surface area contributed by atoms with E-state index in [0.29, 0.717) is 32.1 Å². The standard InChI is InChI=1S/C19H18N2O3S/c22-18(21-9-11-23-12-10-21)13-24-15-7-5-14(6-8-15)19-20-16-3-1-2-4-17(16)25-19/h1-8H,9-13H2. The number of morpholine rings is 1. The van der Waals surface area contributed by atoms with E-state index in [-0.39, 0.29) is 12.5 Å². The van der Waals surface area contributed by atoms with Gasteiger partial charge in [-0.1, -0.05) is 12.1 Å². The van der Waals surface area contributed by atoms with Crippen LogP contribution in [0.15, 0.2) is 48.5 Å². The van der Waals surface area contributed by atoms with Gasteiger partial charge < -0.3 is 14.4 Å². The smallest absolute Gasteiger partial charge is 0.260 e. The zero-order chi connectivity index (χ0) is 17.1. The van der Waals surface area contributed by atoms with Crippen molar-refractivity contribution >= 4 is 27.5 Å². The summed E-state index contributed by atoms with van der Waals surface area (Å²) < 4.78 is 12.0. The molecule has 2 aromatic carbocycles. The van der Waals surface area contributed by atoms with E-state index in [4.69, 9.17) is 9.47 Å². The van der Waals surface area contributed by atoms with Gasteiger partial charge in [-0.2, -0.15) is 0 Å². The van der Waals surface area contributed by atoms with Gasteiger partial charge in [0, 0.05) is 18.7 Å². The minimum Gasteiger partial charge on any atom is -0.484 e. The van der Waals surface area contributed by atoms with Crippen LogP contribution in [0.4, 0.5) is 0 Å². The number of amides is 1. The molecule has 0 spiro atoms. The minimum absolute atomic E-state index is 0.00134. The molecule has 3 aromatic rings. The summed E-state index contributed by atoms with van der Waals surface area (Å²) in [4.78, 5) is 18.5. The summed E-state index contributed by atoms with van der Waals surface area (Å²) in [6.07, 6.45) is 0. The Labute approximate surface area is 149 Å². The van der Waals surface area contributed by atoms with Crippen LogP contribution in [0.3, 0.4) is 0 Å². The maximum atomic E-state index is 12.1. The second-order valence-corrected chi connectivity index (χ2v) is 6.82. The first-order valence-corrected chi connectivity index (χ1v) is 9.05. The fourth-order valence-corrected chi connectivity index (χ4v) is 3.71. The van der Waals surface area contributed by atoms with Crippen molar-refractivity contribution in [3.8, 4) is 16.3 Å². The molecule has 1 aliphatic rings. The zero-order valence-corrected chi connectivity index (χ0v) is 14.5. The largest absolute Gasteiger partial charge is 0.484 e. The number of rotatable bonds is 4. The third kappa shape index (κ3) is 3.65. The summed E-state index contributed by atoms with van der Waals surface area (Å²) in [7, 11) is 0. The average molecular weight is 354 g/mol. The molecule has 0 radical (unpaired) electrons. The minimum atomic E-state index is -0.00134. The molecule has 1 amide bonds. The molecule has 25 heavy (non-hydrogen) atoms. The van der Waals surface area contributed by atoms with Crippen molar-refractivity contribution in [3.63, 3.8) is 0 Å². The molecule has 1 aliphatic heterocycles. The second-order valence-electron chi connectivity index (χ2n) is 5.79. The van der Waals surface area contributed by atoms with Crippen molar-refractivity contribution in [2.75, 3.05) is 32.9 Å². The van der Waals surface area contributed by atoms with Gasteiger partial charge in [-0.15, -0.1) is 11.3 Å². The molecule has 0 saturated carbocycles. The van der Waals surface area contributed by atoms with E-state index >= 15 is 0 Å². The average Bonchev–Trinajstić information content (AvgIpc) is 3.11. The van der Waals surface area contributed by atoms with Crippen molar-refractivity contribution in [1.29, 1.82) is 0 Å². The van der Waals surface area contributed by atoms with Crippen molar-refractivity contribution in [2.45, 2.75) is 0 Å². The van der Waals surface area contributed by atoms with Gasteiger partial charge in [0.2, 0.25) is 0 Å². The van der Waals surface area contributed by atoms with E-state index < -0.39 is 0 Å². The van der Waals surface area contributed by atoms with Crippen molar-refractivity contribution in [3.05, 3.63) is 48.5 Å². The van der Waals surface area contributed by atoms with Crippen LogP contribution in [0.25, 0.3) is 20.8 Å². The predicted molar refractivity (Wildman–Crippen MR) is 98.0 cm³/mol. The number of fused-ring (bicyclic) bond motifs is 1. The lowest BCUT2D eigenvalue weighted by molar-refractivity contribution is -0.137. The summed E-state index contributed by atoms with van der Waals surface area (Å²) in [6.45, 7) is 2.53. The van der Waals surface area contributed by atoms with E-state index in [1.54, 1.807) is 16.2 Å². The number of hydrogen-bond donors (Lipinski definition) is 0. The van der Waals surface area contributed by atoms with Gasteiger partial charge in [-0.3, -0.25) is 4.79 Å². The van der Waals surface area contributed by atoms with Gasteiger partial charge in [-0.05, 0) is 36.4 Å². The Morgan fingerprint density at radius 1 is 1.12 bits per heavy atom. The fraction of sp³-hybridized carbons (Fsp3) is 0.263. The summed E-state index contributed by atoms with van der Waals surface area (Å²) in [6, 6.07) is 15.8. The van der Waals surface area contributed by atoms with E-state index in [1.165, 1.54) is 4.70 Å². The highest BCUT2D eigenvalue weighted by atomic mass is 32.1. The third-order valence-corrected chi connectivity index (χ3v) is 5.21. The lowest BCUT2D eigenvalue weighted by Crippen LogP contribution is -2.42. The van der Waals surface area contributed by atoms with Gasteiger partial charge >= 0.3 is 0 Å². The van der Waals surface area contributed by atoms with Crippen LogP contribution in [0, 0.1) is 0 Å². The van der Waals surface area contributed by atoms with Crippen LogP contribution in [0.2, 0.25) is 0 Å². The molecule has 1 fully saturated rings. The van der Waals surface area contributed by atoms with E-state index in [0.717, 1.165) is 16.1 Å². The van der Waals surface area contributed by atoms with Crippen LogP contribution < -0.4 is 4.74 Å². The number of ether oxygens (including phenoxy) is 2. The molecule has 5 nitrogen and oxygen atoms in total. The second kappa shape index (κ2) is 7.21. The van der Waals surface area contributed by atoms with Gasteiger partial charge in [0.15, 0.2) is 6.61 Å². The number of carbonyl (C=O) groups is 1. The first kappa shape index (κ1) is 16.1. The number of carbonyl (C=O) groups excluding carboxylic acids is 1. The van der Waals surface area contributed by atoms with Crippen LogP contribution >= 0.6 is 11.3 Å². The SMILES string of the molecule is O=C(COc1ccc(-c2nc3ccccc3s2)cc1)N1CCOCC1. The topological polar surface area (TPSA) is 51.7 Å². The lowest BCUT2D eigenvalue weighted by atomic mass is 10.2. The first-order chi connectivity index (χ1) is 12.3. The zero-order valence-electron chi connectivity index (χ0n) is 13.7. The maximum Gasteiger partial charge on any atom is 0.260 e. The number of benzene rings is 2. The Bertz CT molecular complexity index is 837. The quantitative estimate of drug-likeness (QED) is 0.722. The molecule has 6 heteroatoms. The molecule has 0 atom stereocenters. The van der Waals surface area contributed by atoms with E-state index in [9.17, 15) is 4.79 Å². The number of aromatic nitrogens is 1. The van der Waals surface area contributed by atoms with Crippen LogP contribution in [0.5, 0.6) is 5.75 Å². The molecular formula is C19H18N2O3S. The lowest BCUT2D eigenvalue weighted by Gasteiger charge is -2.26. The summed E-state index contributed by atoms with van der Waals surface area (Å²) in [5.41, 5.74) is 2.06. The third-order valence-electron chi connectivity index (χ3n) is 4.12. The molecule has 0 unspecified atom stereocenters. The fourth-order valence-electron chi connectivity index (χ4n) is 2.74. The van der Waals surface area contributed by atoms with Gasteiger partial charge in [0.1, 0.15) is 10.8 Å². The Balaban J connectivity index is 1.40. The highest BCUT2D eigenvalue weighted by molar-refractivity contribution is 7.21. The molecule has 0 bridgehead atoms. The monoisotopic (exact) mass is 354 g/mol. The van der Waals surface area contributed by atoms with E-state index in [1.807, 2.05) is 42.5 Å². The van der Waals surface area contributed by atoms with Crippen molar-refractivity contribution in [1.82, 2.24) is 9.88 Å². The van der Waals surface area contributed by atoms with Crippen molar-refractivity contribution < 1.29 is 14.3 Å². The number of para-hydroxylation sites is 1. The van der Waals surface area contributed by atoms with Gasteiger partial charge in [-0.25, -0.2) is 4.98 Å². The highest BCUT2D eigenvalue weighted by Crippen LogP contribution is 2.30. The number of nitrogens with zero attached hydrogens (tertiary/aromatic N) is 2. The molecule has 4 rings (SSSR count). The Kier molecular flexibility index (Phi) is 4.63. The summed E-state index contributed by atoms with van der Waals surface area (Å²) in [5, 5.41) is 0.983. The summed E-state index contributed by atoms with van der Waals surface area (Å²) in [5.74, 6) is 0.685. The highest BCUT2D eigenvalue weighted by Gasteiger charge is 2.17. The Morgan fingerprint density at radius 2 is 1.88 bits per heavy atom. The van der Waals surface area contributed by atoms with Crippen LogP contribution in [-0.4, -0.2) is 48.7 Å². The van der Waals surface area contributed by atoms with Gasteiger partial charge in [0.05, 0.1) is 23.4 Å². The molecule has 0 aliphatic carbocycles. The Morgan fingerprint density at radius 3 is 2.64 bits per heavy atom. The van der Waals surface area contributed by atoms with Crippen molar-refractivity contribution in [2.24, 2.45) is 0 Å². The Hall–Kier alpha value is -2.44. The molecular weight excluding hydrogens is 336 g/mol. The molecule has 128 valence electrons. The number of hydrogen-bond acceptors (Lipinski definition) is 5. The maximum absolute atomic E-state index is 12.1. The van der Waals surface area contributed by atoms with Crippen LogP contribution in [0.1, 0.15) is 0 Å². The van der Waals surface area contributed by atoms with Crippen LogP contribution in [-0.2, 0) is 9.53 Å². The molecule has 0 N–H and O–H groups in total. The normalized spacial score (nSPS) is 14.6. The van der Waals surface area contributed by atoms with E-state index in [2.05, 4.69) is 11.1 Å². The van der Waals surface area contributed by atoms with Gasteiger partial charge in [0.25, 0.3) is 5.91 Å². The molecule has 1 aromatic heterocycles. The molecule has 1 saturated heterocycles. The predicted octanol–water partition coefficient (Wildman–Crippen LogP) is 3.20. The molecule has 2 heterocycles. The summed E-state index contributed by atoms with van der Waals surface area (Å²) >= 11 is 1.67. The first-order valence-electron chi connectivity index (χ1n) is 8.24.